The number of rotatable bonds is 4. The van der Waals surface area contributed by atoms with Crippen molar-refractivity contribution in [1.29, 1.82) is 0 Å². The number of nitrogens with zero attached hydrogens (tertiary/aromatic N) is 4. The minimum atomic E-state index is -4.58. The molecule has 7 nitrogen and oxygen atoms in total. The first kappa shape index (κ1) is 16.7. The zero-order valence-corrected chi connectivity index (χ0v) is 12.7. The van der Waals surface area contributed by atoms with Crippen molar-refractivity contribution in [3.63, 3.8) is 0 Å². The summed E-state index contributed by atoms with van der Waals surface area (Å²) in [4.78, 5) is 26.8. The third-order valence-corrected chi connectivity index (χ3v) is 2.79. The van der Waals surface area contributed by atoms with Crippen molar-refractivity contribution >= 4 is 11.8 Å². The van der Waals surface area contributed by atoms with E-state index in [0.29, 0.717) is 5.69 Å². The number of alkyl halides is 3. The van der Waals surface area contributed by atoms with E-state index in [4.69, 9.17) is 0 Å². The summed E-state index contributed by atoms with van der Waals surface area (Å²) in [5.74, 6) is 0.190. The fourth-order valence-electron chi connectivity index (χ4n) is 1.78. The molecule has 0 saturated heterocycles. The van der Waals surface area contributed by atoms with E-state index < -0.39 is 11.9 Å². The molecule has 0 radical (unpaired) electrons. The van der Waals surface area contributed by atoms with Crippen molar-refractivity contribution in [2.45, 2.75) is 19.6 Å². The highest BCUT2D eigenvalue weighted by molar-refractivity contribution is 5.44. The first-order valence-corrected chi connectivity index (χ1v) is 6.59. The van der Waals surface area contributed by atoms with Crippen LogP contribution in [-0.4, -0.2) is 34.0 Å². The van der Waals surface area contributed by atoms with Gasteiger partial charge in [0.15, 0.2) is 5.69 Å². The molecule has 2 N–H and O–H groups in total. The predicted octanol–water partition coefficient (Wildman–Crippen LogP) is 1.57. The molecule has 2 rings (SSSR count). The molecule has 23 heavy (non-hydrogen) atoms. The van der Waals surface area contributed by atoms with Crippen LogP contribution in [0.1, 0.15) is 17.2 Å². The van der Waals surface area contributed by atoms with Crippen LogP contribution in [0.3, 0.4) is 0 Å². The molecular formula is C13H15F3N6O. The number of nitrogens with one attached hydrogen (secondary N) is 2. The third-order valence-electron chi connectivity index (χ3n) is 2.79. The summed E-state index contributed by atoms with van der Waals surface area (Å²) in [6, 6.07) is 2.17. The number of aryl methyl sites for hydroxylation is 1. The van der Waals surface area contributed by atoms with E-state index in [9.17, 15) is 18.0 Å². The van der Waals surface area contributed by atoms with Gasteiger partial charge in [0, 0.05) is 31.9 Å². The molecule has 2 aromatic heterocycles. The maximum Gasteiger partial charge on any atom is 0.433 e. The Kier molecular flexibility index (Phi) is 4.52. The average molecular weight is 328 g/mol. The Morgan fingerprint density at radius 2 is 1.91 bits per heavy atom. The summed E-state index contributed by atoms with van der Waals surface area (Å²) in [5, 5.41) is 2.64. The summed E-state index contributed by atoms with van der Waals surface area (Å²) >= 11 is 0. The standard InChI is InChI=1S/C13H15F3N6O/c1-7-4-11(23)20-9(18-7)6-17-12-19-8(13(14,15)16)5-10(21-12)22(2)3/h4-5H,6H2,1-3H3,(H,17,19,21)(H,18,20,23). The lowest BCUT2D eigenvalue weighted by molar-refractivity contribution is -0.141. The second-order valence-corrected chi connectivity index (χ2v) is 5.01. The first-order valence-electron chi connectivity index (χ1n) is 6.59. The lowest BCUT2D eigenvalue weighted by Crippen LogP contribution is -2.19. The van der Waals surface area contributed by atoms with Crippen LogP contribution >= 0.6 is 0 Å². The van der Waals surface area contributed by atoms with Gasteiger partial charge in [-0.2, -0.15) is 18.2 Å². The Labute approximate surface area is 129 Å². The molecule has 0 aromatic carbocycles. The lowest BCUT2D eigenvalue weighted by Gasteiger charge is -2.15. The topological polar surface area (TPSA) is 86.8 Å². The quantitative estimate of drug-likeness (QED) is 0.886. The van der Waals surface area contributed by atoms with Gasteiger partial charge in [-0.3, -0.25) is 4.79 Å². The summed E-state index contributed by atoms with van der Waals surface area (Å²) in [6.45, 7) is 1.63. The molecule has 0 saturated carbocycles. The van der Waals surface area contributed by atoms with E-state index in [-0.39, 0.29) is 29.7 Å². The number of aromatic nitrogens is 4. The van der Waals surface area contributed by atoms with E-state index in [2.05, 4.69) is 25.3 Å². The van der Waals surface area contributed by atoms with Gasteiger partial charge in [-0.05, 0) is 6.92 Å². The number of hydrogen-bond acceptors (Lipinski definition) is 6. The number of aromatic amines is 1. The van der Waals surface area contributed by atoms with Crippen molar-refractivity contribution in [2.75, 3.05) is 24.3 Å². The van der Waals surface area contributed by atoms with Gasteiger partial charge in [-0.1, -0.05) is 0 Å². The second-order valence-electron chi connectivity index (χ2n) is 5.01. The highest BCUT2D eigenvalue weighted by Gasteiger charge is 2.34. The highest BCUT2D eigenvalue weighted by atomic mass is 19.4. The number of H-pyrrole nitrogens is 1. The zero-order valence-electron chi connectivity index (χ0n) is 12.7. The molecule has 124 valence electrons. The summed E-state index contributed by atoms with van der Waals surface area (Å²) in [6.07, 6.45) is -4.58. The van der Waals surface area contributed by atoms with E-state index >= 15 is 0 Å². The molecule has 0 aliphatic carbocycles. The summed E-state index contributed by atoms with van der Waals surface area (Å²) in [7, 11) is 3.15. The number of anilines is 2. The largest absolute Gasteiger partial charge is 0.433 e. The minimum Gasteiger partial charge on any atom is -0.363 e. The number of hydrogen-bond donors (Lipinski definition) is 2. The van der Waals surface area contributed by atoms with Crippen LogP contribution in [0.15, 0.2) is 16.9 Å². The summed E-state index contributed by atoms with van der Waals surface area (Å²) < 4.78 is 38.7. The molecule has 0 bridgehead atoms. The highest BCUT2D eigenvalue weighted by Crippen LogP contribution is 2.30. The smallest absolute Gasteiger partial charge is 0.363 e. The molecule has 2 aromatic rings. The average Bonchev–Trinajstić information content (AvgIpc) is 2.43. The molecule has 0 atom stereocenters. The molecule has 2 heterocycles. The fourth-order valence-corrected chi connectivity index (χ4v) is 1.78. The Hall–Kier alpha value is -2.65. The molecule has 0 fully saturated rings. The van der Waals surface area contributed by atoms with Crippen molar-refractivity contribution < 1.29 is 13.2 Å². The van der Waals surface area contributed by atoms with Gasteiger partial charge in [-0.25, -0.2) is 9.97 Å². The Balaban J connectivity index is 2.28. The van der Waals surface area contributed by atoms with Crippen LogP contribution in [0, 0.1) is 6.92 Å². The van der Waals surface area contributed by atoms with Gasteiger partial charge in [0.25, 0.3) is 5.56 Å². The molecule has 0 aliphatic rings. The van der Waals surface area contributed by atoms with Gasteiger partial charge in [0.2, 0.25) is 5.95 Å². The summed E-state index contributed by atoms with van der Waals surface area (Å²) in [5.41, 5.74) is -0.887. The van der Waals surface area contributed by atoms with Crippen LogP contribution in [0.2, 0.25) is 0 Å². The maximum absolute atomic E-state index is 12.9. The number of halogens is 3. The molecule has 0 unspecified atom stereocenters. The van der Waals surface area contributed by atoms with E-state index in [1.165, 1.54) is 11.0 Å². The van der Waals surface area contributed by atoms with Crippen LogP contribution in [0.25, 0.3) is 0 Å². The van der Waals surface area contributed by atoms with Crippen molar-refractivity contribution in [1.82, 2.24) is 19.9 Å². The maximum atomic E-state index is 12.9. The van der Waals surface area contributed by atoms with Gasteiger partial charge in [0.05, 0.1) is 6.54 Å². The molecular weight excluding hydrogens is 313 g/mol. The first-order chi connectivity index (χ1) is 10.6. The van der Waals surface area contributed by atoms with Gasteiger partial charge < -0.3 is 15.2 Å². The fraction of sp³-hybridized carbons (Fsp3) is 0.385. The Bertz CT molecular complexity index is 756. The molecule has 0 spiro atoms. The molecule has 0 aliphatic heterocycles. The van der Waals surface area contributed by atoms with Crippen LogP contribution in [-0.2, 0) is 12.7 Å². The van der Waals surface area contributed by atoms with Crippen LogP contribution < -0.4 is 15.8 Å². The zero-order chi connectivity index (χ0) is 17.2. The predicted molar refractivity (Wildman–Crippen MR) is 78.3 cm³/mol. The lowest BCUT2D eigenvalue weighted by atomic mass is 10.3. The SMILES string of the molecule is Cc1cc(=O)[nH]c(CNc2nc(N(C)C)cc(C(F)(F)F)n2)n1. The van der Waals surface area contributed by atoms with Crippen LogP contribution in [0.4, 0.5) is 24.9 Å². The molecule has 0 amide bonds. The van der Waals surface area contributed by atoms with Crippen molar-refractivity contribution in [2.24, 2.45) is 0 Å². The normalized spacial score (nSPS) is 11.4. The second kappa shape index (κ2) is 6.23. The van der Waals surface area contributed by atoms with E-state index in [0.717, 1.165) is 6.07 Å². The van der Waals surface area contributed by atoms with Crippen molar-refractivity contribution in [3.8, 4) is 0 Å². The van der Waals surface area contributed by atoms with Gasteiger partial charge >= 0.3 is 6.18 Å². The Morgan fingerprint density at radius 3 is 2.48 bits per heavy atom. The van der Waals surface area contributed by atoms with E-state index in [1.807, 2.05) is 0 Å². The minimum absolute atomic E-state index is 0.00883. The monoisotopic (exact) mass is 328 g/mol. The third kappa shape index (κ3) is 4.41. The molecule has 10 heteroatoms. The van der Waals surface area contributed by atoms with Crippen LogP contribution in [0.5, 0.6) is 0 Å². The van der Waals surface area contributed by atoms with Gasteiger partial charge in [0.1, 0.15) is 11.6 Å². The van der Waals surface area contributed by atoms with Gasteiger partial charge in [-0.15, -0.1) is 0 Å². The van der Waals surface area contributed by atoms with E-state index in [1.54, 1.807) is 21.0 Å². The van der Waals surface area contributed by atoms with Crippen molar-refractivity contribution in [3.05, 3.63) is 39.7 Å². The Morgan fingerprint density at radius 1 is 1.22 bits per heavy atom.